The molecule has 0 saturated carbocycles. The number of fused-ring (bicyclic) bond motifs is 2. The van der Waals surface area contributed by atoms with E-state index in [-0.39, 0.29) is 12.2 Å². The first-order valence-corrected chi connectivity index (χ1v) is 16.3. The zero-order chi connectivity index (χ0) is 31.8. The summed E-state index contributed by atoms with van der Waals surface area (Å²) >= 11 is 7.48. The van der Waals surface area contributed by atoms with Crippen molar-refractivity contribution in [3.05, 3.63) is 167 Å². The molecule has 46 heavy (non-hydrogen) atoms. The number of rotatable bonds is 7. The van der Waals surface area contributed by atoms with Crippen molar-refractivity contribution in [1.29, 1.82) is 0 Å². The largest absolute Gasteiger partial charge is 0.463 e. The maximum absolute atomic E-state index is 14.4. The van der Waals surface area contributed by atoms with Gasteiger partial charge in [-0.1, -0.05) is 114 Å². The Bertz CT molecular complexity index is 2300. The highest BCUT2D eigenvalue weighted by Gasteiger charge is 2.35. The van der Waals surface area contributed by atoms with Crippen molar-refractivity contribution in [2.24, 2.45) is 4.99 Å². The Morgan fingerprint density at radius 2 is 1.61 bits per heavy atom. The first-order chi connectivity index (χ1) is 22.4. The number of benzene rings is 4. The summed E-state index contributed by atoms with van der Waals surface area (Å²) in [6, 6.07) is 34.6. The van der Waals surface area contributed by atoms with Crippen LogP contribution in [0, 0.1) is 6.92 Å². The fourth-order valence-corrected chi connectivity index (χ4v) is 7.25. The summed E-state index contributed by atoms with van der Waals surface area (Å²) in [4.78, 5) is 33.6. The van der Waals surface area contributed by atoms with E-state index in [2.05, 4.69) is 23.6 Å². The first-order valence-electron chi connectivity index (χ1n) is 15.1. The molecule has 1 aliphatic rings. The van der Waals surface area contributed by atoms with Gasteiger partial charge in [-0.3, -0.25) is 9.36 Å². The summed E-state index contributed by atoms with van der Waals surface area (Å²) in [5.74, 6) is -0.491. The second kappa shape index (κ2) is 12.4. The lowest BCUT2D eigenvalue weighted by atomic mass is 9.93. The number of esters is 1. The van der Waals surface area contributed by atoms with Gasteiger partial charge in [0, 0.05) is 39.3 Å². The summed E-state index contributed by atoms with van der Waals surface area (Å²) in [6.45, 7) is 4.72. The lowest BCUT2D eigenvalue weighted by Crippen LogP contribution is -2.40. The molecule has 8 heteroatoms. The first kappa shape index (κ1) is 29.7. The maximum Gasteiger partial charge on any atom is 0.338 e. The van der Waals surface area contributed by atoms with Gasteiger partial charge in [0.25, 0.3) is 5.56 Å². The number of aromatic nitrogens is 2. The predicted molar refractivity (Wildman–Crippen MR) is 185 cm³/mol. The highest BCUT2D eigenvalue weighted by atomic mass is 35.5. The van der Waals surface area contributed by atoms with Crippen LogP contribution >= 0.6 is 22.9 Å². The van der Waals surface area contributed by atoms with E-state index in [1.807, 2.05) is 103 Å². The predicted octanol–water partition coefficient (Wildman–Crippen LogP) is 6.90. The number of nitrogens with zero attached hydrogens (tertiary/aromatic N) is 3. The standard InChI is InChI=1S/C38H30ClN3O3S/c1-3-45-37(44)33-34(26-12-6-4-7-13-26)40-38-42(35(33)27-14-8-5-9-15-27)36(43)32(46-38)22-30-24(2)41(31-17-11-10-16-29(30)31)23-25-18-20-28(39)21-19-25/h4-22,35H,3,23H2,1-2H3/b32-22-/t35-/m1/s1. The summed E-state index contributed by atoms with van der Waals surface area (Å²) in [5.41, 5.74) is 6.44. The molecule has 0 saturated heterocycles. The van der Waals surface area contributed by atoms with Gasteiger partial charge in [-0.05, 0) is 49.2 Å². The van der Waals surface area contributed by atoms with Gasteiger partial charge in [0.05, 0.1) is 28.5 Å². The topological polar surface area (TPSA) is 65.6 Å². The van der Waals surface area contributed by atoms with E-state index in [0.717, 1.165) is 38.9 Å². The van der Waals surface area contributed by atoms with E-state index in [1.165, 1.54) is 11.3 Å². The number of thiazole rings is 1. The van der Waals surface area contributed by atoms with Crippen molar-refractivity contribution >= 4 is 51.6 Å². The molecule has 1 aliphatic heterocycles. The molecule has 228 valence electrons. The van der Waals surface area contributed by atoms with Crippen LogP contribution in [0.4, 0.5) is 0 Å². The Hall–Kier alpha value is -4.98. The number of hydrogen-bond acceptors (Lipinski definition) is 5. The smallest absolute Gasteiger partial charge is 0.338 e. The van der Waals surface area contributed by atoms with Gasteiger partial charge in [-0.15, -0.1) is 0 Å². The van der Waals surface area contributed by atoms with Crippen molar-refractivity contribution in [2.45, 2.75) is 26.4 Å². The van der Waals surface area contributed by atoms with E-state index >= 15 is 0 Å². The normalized spacial score (nSPS) is 14.8. The highest BCUT2D eigenvalue weighted by Crippen LogP contribution is 2.35. The van der Waals surface area contributed by atoms with Gasteiger partial charge in [0.2, 0.25) is 0 Å². The SMILES string of the molecule is CCOC(=O)C1=C(c2ccccc2)N=c2s/c(=C\c3c(C)n(Cc4ccc(Cl)cc4)c4ccccc34)c(=O)n2[C@@H]1c1ccccc1. The van der Waals surface area contributed by atoms with Crippen molar-refractivity contribution in [2.75, 3.05) is 6.61 Å². The molecule has 7 rings (SSSR count). The Morgan fingerprint density at radius 3 is 2.33 bits per heavy atom. The third kappa shape index (κ3) is 5.31. The third-order valence-electron chi connectivity index (χ3n) is 8.30. The fraction of sp³-hybridized carbons (Fsp3) is 0.132. The van der Waals surface area contributed by atoms with Gasteiger partial charge >= 0.3 is 5.97 Å². The van der Waals surface area contributed by atoms with E-state index in [4.69, 9.17) is 21.3 Å². The lowest BCUT2D eigenvalue weighted by Gasteiger charge is -2.25. The number of para-hydroxylation sites is 1. The number of hydrogen-bond donors (Lipinski definition) is 0. The van der Waals surface area contributed by atoms with E-state index < -0.39 is 12.0 Å². The Morgan fingerprint density at radius 1 is 0.935 bits per heavy atom. The van der Waals surface area contributed by atoms with E-state index in [9.17, 15) is 9.59 Å². The molecular formula is C38H30ClN3O3S. The van der Waals surface area contributed by atoms with Crippen LogP contribution in [0.5, 0.6) is 0 Å². The minimum Gasteiger partial charge on any atom is -0.463 e. The number of carbonyl (C=O) groups is 1. The average molecular weight is 644 g/mol. The molecule has 6 nitrogen and oxygen atoms in total. The number of carbonyl (C=O) groups excluding carboxylic acids is 1. The third-order valence-corrected chi connectivity index (χ3v) is 9.53. The molecule has 0 unspecified atom stereocenters. The monoisotopic (exact) mass is 643 g/mol. The van der Waals surface area contributed by atoms with Gasteiger partial charge in [-0.2, -0.15) is 0 Å². The van der Waals surface area contributed by atoms with Crippen molar-refractivity contribution in [3.63, 3.8) is 0 Å². The Kier molecular flexibility index (Phi) is 8.03. The molecule has 3 heterocycles. The highest BCUT2D eigenvalue weighted by molar-refractivity contribution is 7.07. The zero-order valence-corrected chi connectivity index (χ0v) is 26.9. The minimum absolute atomic E-state index is 0.204. The van der Waals surface area contributed by atoms with Crippen molar-refractivity contribution < 1.29 is 9.53 Å². The Labute approximate surface area is 274 Å². The number of halogens is 1. The van der Waals surface area contributed by atoms with Crippen LogP contribution in [0.1, 0.15) is 40.9 Å². The molecule has 0 radical (unpaired) electrons. The summed E-state index contributed by atoms with van der Waals surface area (Å²) < 4.78 is 10.0. The molecule has 4 aromatic carbocycles. The van der Waals surface area contributed by atoms with Crippen LogP contribution < -0.4 is 14.9 Å². The molecule has 1 atom stereocenters. The summed E-state index contributed by atoms with van der Waals surface area (Å²) in [5, 5.41) is 1.75. The molecule has 0 aliphatic carbocycles. The second-order valence-corrected chi connectivity index (χ2v) is 12.5. The van der Waals surface area contributed by atoms with Crippen molar-refractivity contribution in [3.8, 4) is 0 Å². The molecule has 6 aromatic rings. The maximum atomic E-state index is 14.4. The van der Waals surface area contributed by atoms with Crippen LogP contribution in [-0.2, 0) is 16.1 Å². The van der Waals surface area contributed by atoms with Gasteiger partial charge in [0.15, 0.2) is 4.80 Å². The van der Waals surface area contributed by atoms with Gasteiger partial charge in [0.1, 0.15) is 0 Å². The average Bonchev–Trinajstić information content (AvgIpc) is 3.54. The van der Waals surface area contributed by atoms with Crippen LogP contribution in [0.15, 0.2) is 125 Å². The van der Waals surface area contributed by atoms with E-state index in [0.29, 0.717) is 32.2 Å². The summed E-state index contributed by atoms with van der Waals surface area (Å²) in [6.07, 6.45) is 1.97. The lowest BCUT2D eigenvalue weighted by molar-refractivity contribution is -0.138. The molecular weight excluding hydrogens is 614 g/mol. The minimum atomic E-state index is -0.707. The van der Waals surface area contributed by atoms with Crippen LogP contribution in [0.2, 0.25) is 5.02 Å². The van der Waals surface area contributed by atoms with Gasteiger partial charge < -0.3 is 9.30 Å². The van der Waals surface area contributed by atoms with Crippen LogP contribution in [0.3, 0.4) is 0 Å². The zero-order valence-electron chi connectivity index (χ0n) is 25.3. The molecule has 0 fully saturated rings. The van der Waals surface area contributed by atoms with Crippen molar-refractivity contribution in [1.82, 2.24) is 9.13 Å². The van der Waals surface area contributed by atoms with Crippen LogP contribution in [-0.4, -0.2) is 21.7 Å². The Balaban J connectivity index is 1.46. The summed E-state index contributed by atoms with van der Waals surface area (Å²) in [7, 11) is 0. The molecule has 0 bridgehead atoms. The van der Waals surface area contributed by atoms with Crippen LogP contribution in [0.25, 0.3) is 22.7 Å². The molecule has 0 amide bonds. The number of ether oxygens (including phenoxy) is 1. The molecule has 0 spiro atoms. The van der Waals surface area contributed by atoms with E-state index in [1.54, 1.807) is 11.5 Å². The molecule has 2 aromatic heterocycles. The fourth-order valence-electron chi connectivity index (χ4n) is 6.14. The second-order valence-electron chi connectivity index (χ2n) is 11.1. The quantitative estimate of drug-likeness (QED) is 0.178. The van der Waals surface area contributed by atoms with Gasteiger partial charge in [-0.25, -0.2) is 9.79 Å². The molecule has 0 N–H and O–H groups in total.